The molecule has 3 heterocycles. The van der Waals surface area contributed by atoms with Gasteiger partial charge in [0.1, 0.15) is 17.8 Å². The van der Waals surface area contributed by atoms with Gasteiger partial charge in [0.25, 0.3) is 0 Å². The van der Waals surface area contributed by atoms with Crippen LogP contribution in [0, 0.1) is 0 Å². The summed E-state index contributed by atoms with van der Waals surface area (Å²) in [7, 11) is 0. The number of allylic oxidation sites excluding steroid dienone is 4. The van der Waals surface area contributed by atoms with E-state index in [4.69, 9.17) is 9.47 Å². The monoisotopic (exact) mass is 394 g/mol. The molecule has 6 nitrogen and oxygen atoms in total. The fraction of sp³-hybridized carbons (Fsp3) is 0.435. The average Bonchev–Trinajstić information content (AvgIpc) is 2.79. The van der Waals surface area contributed by atoms with E-state index in [1.807, 2.05) is 24.4 Å². The summed E-state index contributed by atoms with van der Waals surface area (Å²) in [4.78, 5) is 9.08. The Labute approximate surface area is 173 Å². The zero-order valence-corrected chi connectivity index (χ0v) is 17.1. The van der Waals surface area contributed by atoms with Crippen molar-refractivity contribution in [2.75, 3.05) is 38.0 Å². The fourth-order valence-corrected chi connectivity index (χ4v) is 3.80. The molecule has 4 rings (SSSR count). The zero-order chi connectivity index (χ0) is 19.9. The third-order valence-corrected chi connectivity index (χ3v) is 5.62. The molecule has 6 heteroatoms. The molecule has 2 aliphatic heterocycles. The second-order valence-corrected chi connectivity index (χ2v) is 7.71. The van der Waals surface area contributed by atoms with E-state index in [0.717, 1.165) is 69.4 Å². The Morgan fingerprint density at radius 1 is 1.14 bits per heavy atom. The fourth-order valence-electron chi connectivity index (χ4n) is 3.80. The van der Waals surface area contributed by atoms with Crippen LogP contribution in [0.4, 0.5) is 5.82 Å². The maximum Gasteiger partial charge on any atom is 0.231 e. The van der Waals surface area contributed by atoms with Gasteiger partial charge in [-0.3, -0.25) is 4.90 Å². The summed E-state index contributed by atoms with van der Waals surface area (Å²) in [6.07, 6.45) is 14.9. The third kappa shape index (κ3) is 5.41. The van der Waals surface area contributed by atoms with Crippen molar-refractivity contribution in [3.8, 4) is 0 Å². The van der Waals surface area contributed by atoms with E-state index in [2.05, 4.69) is 45.3 Å². The van der Waals surface area contributed by atoms with Crippen LogP contribution in [0.5, 0.6) is 0 Å². The molecule has 1 aliphatic carbocycles. The smallest absolute Gasteiger partial charge is 0.231 e. The van der Waals surface area contributed by atoms with Gasteiger partial charge in [-0.05, 0) is 31.9 Å². The molecule has 0 aromatic carbocycles. The number of pyridine rings is 1. The van der Waals surface area contributed by atoms with Crippen LogP contribution in [-0.4, -0.2) is 53.5 Å². The lowest BCUT2D eigenvalue weighted by Crippen LogP contribution is -2.51. The lowest BCUT2D eigenvalue weighted by Gasteiger charge is -2.39. The second-order valence-electron chi connectivity index (χ2n) is 7.71. The number of rotatable bonds is 7. The molecule has 1 unspecified atom stereocenters. The summed E-state index contributed by atoms with van der Waals surface area (Å²) in [5, 5.41) is 3.42. The van der Waals surface area contributed by atoms with Gasteiger partial charge < -0.3 is 19.7 Å². The summed E-state index contributed by atoms with van der Waals surface area (Å²) in [5.41, 5.74) is 1.39. The van der Waals surface area contributed by atoms with Crippen LogP contribution >= 0.6 is 0 Å². The molecule has 1 aromatic rings. The topological polar surface area (TPSA) is 49.9 Å². The van der Waals surface area contributed by atoms with Crippen molar-refractivity contribution in [1.82, 2.24) is 14.8 Å². The third-order valence-electron chi connectivity index (χ3n) is 5.62. The predicted molar refractivity (Wildman–Crippen MR) is 115 cm³/mol. The van der Waals surface area contributed by atoms with Gasteiger partial charge in [0.2, 0.25) is 5.88 Å². The first-order valence-corrected chi connectivity index (χ1v) is 10.5. The molecule has 154 valence electrons. The van der Waals surface area contributed by atoms with Crippen molar-refractivity contribution in [1.29, 1.82) is 0 Å². The average molecular weight is 395 g/mol. The van der Waals surface area contributed by atoms with E-state index >= 15 is 0 Å². The van der Waals surface area contributed by atoms with Crippen molar-refractivity contribution in [2.24, 2.45) is 0 Å². The highest BCUT2D eigenvalue weighted by atomic mass is 16.6. The number of hydrogen-bond donors (Lipinski definition) is 1. The van der Waals surface area contributed by atoms with E-state index in [-0.39, 0.29) is 0 Å². The molecule has 1 atom stereocenters. The van der Waals surface area contributed by atoms with Crippen LogP contribution in [0.3, 0.4) is 0 Å². The zero-order valence-electron chi connectivity index (χ0n) is 17.1. The van der Waals surface area contributed by atoms with Gasteiger partial charge in [-0.2, -0.15) is 0 Å². The van der Waals surface area contributed by atoms with Crippen LogP contribution in [0.1, 0.15) is 26.2 Å². The quantitative estimate of drug-likeness (QED) is 0.758. The SMILES string of the molecule is CC(CNc1ccccn1)N1CCN(C2=COC(CC3=CC=CCC3)=CO2)CC1. The second kappa shape index (κ2) is 9.65. The molecule has 1 saturated heterocycles. The van der Waals surface area contributed by atoms with Crippen molar-refractivity contribution in [3.05, 3.63) is 72.4 Å². The highest BCUT2D eigenvalue weighted by Crippen LogP contribution is 2.25. The van der Waals surface area contributed by atoms with E-state index < -0.39 is 0 Å². The summed E-state index contributed by atoms with van der Waals surface area (Å²) >= 11 is 0. The Balaban J connectivity index is 1.20. The summed E-state index contributed by atoms with van der Waals surface area (Å²) in [6, 6.07) is 6.38. The number of aromatic nitrogens is 1. The number of hydrogen-bond acceptors (Lipinski definition) is 6. The number of piperazine rings is 1. The molecule has 0 spiro atoms. The minimum absolute atomic E-state index is 0.445. The van der Waals surface area contributed by atoms with Gasteiger partial charge in [-0.15, -0.1) is 0 Å². The lowest BCUT2D eigenvalue weighted by atomic mass is 10.0. The Morgan fingerprint density at radius 3 is 2.72 bits per heavy atom. The Kier molecular flexibility index (Phi) is 6.52. The standard InChI is InChI=1S/C23H30N4O2/c1-19(16-25-22-9-5-6-10-24-22)26-11-13-27(14-12-26)23-18-28-21(17-29-23)15-20-7-3-2-4-8-20/h2-3,5-7,9-10,17-19H,4,8,11-16H2,1H3,(H,24,25). The first-order valence-electron chi connectivity index (χ1n) is 10.5. The minimum atomic E-state index is 0.445. The van der Waals surface area contributed by atoms with Crippen molar-refractivity contribution >= 4 is 5.82 Å². The predicted octanol–water partition coefficient (Wildman–Crippen LogP) is 3.85. The molecular formula is C23H30N4O2. The number of nitrogens with one attached hydrogen (secondary N) is 1. The maximum atomic E-state index is 5.89. The number of nitrogens with zero attached hydrogens (tertiary/aromatic N) is 3. The minimum Gasteiger partial charge on any atom is -0.460 e. The number of anilines is 1. The van der Waals surface area contributed by atoms with Crippen molar-refractivity contribution < 1.29 is 9.47 Å². The van der Waals surface area contributed by atoms with Crippen molar-refractivity contribution in [3.63, 3.8) is 0 Å². The summed E-state index contributed by atoms with van der Waals surface area (Å²) in [5.74, 6) is 2.62. The molecule has 0 saturated carbocycles. The molecule has 29 heavy (non-hydrogen) atoms. The van der Waals surface area contributed by atoms with Gasteiger partial charge in [-0.1, -0.05) is 29.9 Å². The van der Waals surface area contributed by atoms with E-state index in [0.29, 0.717) is 6.04 Å². The van der Waals surface area contributed by atoms with Gasteiger partial charge in [0, 0.05) is 51.4 Å². The Morgan fingerprint density at radius 2 is 2.03 bits per heavy atom. The van der Waals surface area contributed by atoms with E-state index in [1.165, 1.54) is 5.57 Å². The molecular weight excluding hydrogens is 364 g/mol. The van der Waals surface area contributed by atoms with Gasteiger partial charge >= 0.3 is 0 Å². The summed E-state index contributed by atoms with van der Waals surface area (Å²) in [6.45, 7) is 7.01. The largest absolute Gasteiger partial charge is 0.460 e. The normalized spacial score (nSPS) is 20.7. The van der Waals surface area contributed by atoms with Gasteiger partial charge in [0.15, 0.2) is 6.26 Å². The first-order chi connectivity index (χ1) is 14.3. The first kappa shape index (κ1) is 19.6. The lowest BCUT2D eigenvalue weighted by molar-refractivity contribution is 0.0698. The molecule has 1 N–H and O–H groups in total. The van der Waals surface area contributed by atoms with Crippen molar-refractivity contribution in [2.45, 2.75) is 32.2 Å². The molecule has 3 aliphatic rings. The molecule has 0 amide bonds. The maximum absolute atomic E-state index is 5.89. The molecule has 0 radical (unpaired) electrons. The summed E-state index contributed by atoms with van der Waals surface area (Å²) < 4.78 is 11.7. The van der Waals surface area contributed by atoms with Crippen LogP contribution in [-0.2, 0) is 9.47 Å². The van der Waals surface area contributed by atoms with Crippen LogP contribution in [0.2, 0.25) is 0 Å². The highest BCUT2D eigenvalue weighted by Gasteiger charge is 2.24. The Bertz CT molecular complexity index is 792. The molecule has 0 bridgehead atoms. The Hall–Kier alpha value is -2.73. The van der Waals surface area contributed by atoms with Crippen LogP contribution < -0.4 is 5.32 Å². The number of ether oxygens (including phenoxy) is 2. The van der Waals surface area contributed by atoms with Crippen LogP contribution in [0.25, 0.3) is 0 Å². The van der Waals surface area contributed by atoms with Gasteiger partial charge in [0.05, 0.1) is 0 Å². The van der Waals surface area contributed by atoms with E-state index in [1.54, 1.807) is 12.5 Å². The van der Waals surface area contributed by atoms with Gasteiger partial charge in [-0.25, -0.2) is 4.98 Å². The highest BCUT2D eigenvalue weighted by molar-refractivity contribution is 5.33. The van der Waals surface area contributed by atoms with E-state index in [9.17, 15) is 0 Å². The molecule has 1 fully saturated rings. The van der Waals surface area contributed by atoms with Crippen LogP contribution in [0.15, 0.2) is 72.4 Å². The molecule has 1 aromatic heterocycles.